The second-order valence-corrected chi connectivity index (χ2v) is 2.43. The molecule has 1 aromatic heterocycles. The van der Waals surface area contributed by atoms with Gasteiger partial charge in [0.05, 0.1) is 11.2 Å². The Balaban J connectivity index is 2.94. The molecule has 56 valence electrons. The molecule has 2 aromatic rings. The molecule has 4 nitrogen and oxygen atoms in total. The van der Waals surface area contributed by atoms with Crippen LogP contribution in [0.2, 0.25) is 0 Å². The van der Waals surface area contributed by atoms with Crippen LogP contribution in [-0.4, -0.2) is 15.0 Å². The highest BCUT2D eigenvalue weighted by molar-refractivity contribution is 5.86. The fourth-order valence-corrected chi connectivity index (χ4v) is 1.08. The molecule has 1 heterocycles. The number of nitrogens with zero attached hydrogens (tertiary/aromatic N) is 3. The van der Waals surface area contributed by atoms with Gasteiger partial charge in [0, 0.05) is 7.05 Å². The van der Waals surface area contributed by atoms with Crippen LogP contribution in [0, 0.1) is 0 Å². The fraction of sp³-hybridized carbons (Fsp3) is 0.143. The van der Waals surface area contributed by atoms with E-state index in [9.17, 15) is 0 Å². The summed E-state index contributed by atoms with van der Waals surface area (Å²) < 4.78 is 1.70. The average molecular weight is 148 g/mol. The molecule has 0 fully saturated rings. The Morgan fingerprint density at radius 1 is 1.45 bits per heavy atom. The number of anilines is 1. The zero-order chi connectivity index (χ0) is 7.84. The molecule has 0 amide bonds. The van der Waals surface area contributed by atoms with Gasteiger partial charge in [0.2, 0.25) is 0 Å². The number of rotatable bonds is 0. The molecule has 0 aliphatic heterocycles. The molecule has 1 aromatic carbocycles. The molecule has 0 spiro atoms. The lowest BCUT2D eigenvalue weighted by atomic mass is 10.3. The molecule has 2 N–H and O–H groups in total. The number of benzene rings is 1. The third kappa shape index (κ3) is 0.756. The minimum absolute atomic E-state index is 0.676. The van der Waals surface area contributed by atoms with Crippen LogP contribution in [0.25, 0.3) is 11.0 Å². The Morgan fingerprint density at radius 2 is 2.27 bits per heavy atom. The molecule has 4 heteroatoms. The quantitative estimate of drug-likeness (QED) is 0.555. The maximum absolute atomic E-state index is 5.65. The van der Waals surface area contributed by atoms with Crippen molar-refractivity contribution in [2.75, 3.05) is 5.73 Å². The van der Waals surface area contributed by atoms with E-state index in [0.29, 0.717) is 5.69 Å². The summed E-state index contributed by atoms with van der Waals surface area (Å²) in [5.41, 5.74) is 8.07. The van der Waals surface area contributed by atoms with E-state index < -0.39 is 0 Å². The topological polar surface area (TPSA) is 56.7 Å². The molecule has 0 aliphatic carbocycles. The number of nitrogen functional groups attached to an aromatic ring is 1. The van der Waals surface area contributed by atoms with Crippen molar-refractivity contribution in [3.05, 3.63) is 18.2 Å². The minimum Gasteiger partial charge on any atom is -0.397 e. The Kier molecular flexibility index (Phi) is 1.09. The first-order valence-corrected chi connectivity index (χ1v) is 3.33. The van der Waals surface area contributed by atoms with E-state index in [1.54, 1.807) is 4.68 Å². The Hall–Kier alpha value is -1.58. The van der Waals surface area contributed by atoms with Gasteiger partial charge in [-0.2, -0.15) is 0 Å². The lowest BCUT2D eigenvalue weighted by Gasteiger charge is -1.92. The molecule has 0 atom stereocenters. The summed E-state index contributed by atoms with van der Waals surface area (Å²) in [6.45, 7) is 0. The van der Waals surface area contributed by atoms with Gasteiger partial charge in [-0.25, -0.2) is 4.68 Å². The Morgan fingerprint density at radius 3 is 3.00 bits per heavy atom. The second-order valence-electron chi connectivity index (χ2n) is 2.43. The van der Waals surface area contributed by atoms with E-state index in [0.717, 1.165) is 11.0 Å². The van der Waals surface area contributed by atoms with E-state index in [1.165, 1.54) is 0 Å². The van der Waals surface area contributed by atoms with Crippen molar-refractivity contribution in [3.8, 4) is 0 Å². The van der Waals surface area contributed by atoms with Crippen molar-refractivity contribution in [2.45, 2.75) is 0 Å². The summed E-state index contributed by atoms with van der Waals surface area (Å²) in [6, 6.07) is 5.64. The highest BCUT2D eigenvalue weighted by Crippen LogP contribution is 2.15. The molecule has 2 rings (SSSR count). The Labute approximate surface area is 63.6 Å². The van der Waals surface area contributed by atoms with Crippen molar-refractivity contribution in [3.63, 3.8) is 0 Å². The molecular formula is C7H8N4. The first-order chi connectivity index (χ1) is 5.29. The second kappa shape index (κ2) is 1.95. The van der Waals surface area contributed by atoms with Gasteiger partial charge < -0.3 is 5.73 Å². The lowest BCUT2D eigenvalue weighted by Crippen LogP contribution is -1.89. The van der Waals surface area contributed by atoms with Gasteiger partial charge in [-0.15, -0.1) is 5.10 Å². The van der Waals surface area contributed by atoms with Crippen molar-refractivity contribution < 1.29 is 0 Å². The third-order valence-electron chi connectivity index (χ3n) is 1.67. The van der Waals surface area contributed by atoms with Crippen LogP contribution in [-0.2, 0) is 7.05 Å². The molecule has 0 saturated heterocycles. The highest BCUT2D eigenvalue weighted by atomic mass is 15.4. The minimum atomic E-state index is 0.676. The summed E-state index contributed by atoms with van der Waals surface area (Å²) in [5, 5.41) is 7.75. The average Bonchev–Trinajstić information content (AvgIpc) is 2.35. The van der Waals surface area contributed by atoms with Crippen LogP contribution in [0.4, 0.5) is 5.69 Å². The molecule has 0 saturated carbocycles. The van der Waals surface area contributed by atoms with Gasteiger partial charge in [0.15, 0.2) is 0 Å². The van der Waals surface area contributed by atoms with Gasteiger partial charge in [-0.3, -0.25) is 0 Å². The zero-order valence-corrected chi connectivity index (χ0v) is 6.15. The summed E-state index contributed by atoms with van der Waals surface area (Å²) in [6.07, 6.45) is 0. The van der Waals surface area contributed by atoms with E-state index in [-0.39, 0.29) is 0 Å². The van der Waals surface area contributed by atoms with E-state index in [1.807, 2.05) is 25.2 Å². The van der Waals surface area contributed by atoms with Gasteiger partial charge in [0.1, 0.15) is 5.52 Å². The maximum atomic E-state index is 5.65. The third-order valence-corrected chi connectivity index (χ3v) is 1.67. The molecule has 0 unspecified atom stereocenters. The van der Waals surface area contributed by atoms with Gasteiger partial charge in [-0.05, 0) is 12.1 Å². The van der Waals surface area contributed by atoms with Crippen molar-refractivity contribution in [1.82, 2.24) is 15.0 Å². The summed E-state index contributed by atoms with van der Waals surface area (Å²) in [7, 11) is 1.84. The van der Waals surface area contributed by atoms with Crippen molar-refractivity contribution >= 4 is 16.7 Å². The van der Waals surface area contributed by atoms with Crippen molar-refractivity contribution in [1.29, 1.82) is 0 Å². The largest absolute Gasteiger partial charge is 0.397 e. The molecule has 11 heavy (non-hydrogen) atoms. The maximum Gasteiger partial charge on any atom is 0.136 e. The SMILES string of the molecule is Cn1nnc2c(N)cccc21. The number of aryl methyl sites for hydroxylation is 1. The highest BCUT2D eigenvalue weighted by Gasteiger charge is 2.01. The van der Waals surface area contributed by atoms with Crippen LogP contribution in [0.3, 0.4) is 0 Å². The molecule has 0 radical (unpaired) electrons. The number of hydrogen-bond donors (Lipinski definition) is 1. The first-order valence-electron chi connectivity index (χ1n) is 3.33. The number of fused-ring (bicyclic) bond motifs is 1. The Bertz CT molecular complexity index is 390. The van der Waals surface area contributed by atoms with Gasteiger partial charge in [-0.1, -0.05) is 11.3 Å². The fourth-order valence-electron chi connectivity index (χ4n) is 1.08. The number of aromatic nitrogens is 3. The van der Waals surface area contributed by atoms with Gasteiger partial charge in [0.25, 0.3) is 0 Å². The van der Waals surface area contributed by atoms with E-state index >= 15 is 0 Å². The predicted octanol–water partition coefficient (Wildman–Crippen LogP) is 0.550. The van der Waals surface area contributed by atoms with E-state index in [2.05, 4.69) is 10.3 Å². The van der Waals surface area contributed by atoms with Crippen LogP contribution >= 0.6 is 0 Å². The van der Waals surface area contributed by atoms with Crippen molar-refractivity contribution in [2.24, 2.45) is 7.05 Å². The number of hydrogen-bond acceptors (Lipinski definition) is 3. The smallest absolute Gasteiger partial charge is 0.136 e. The van der Waals surface area contributed by atoms with Crippen LogP contribution in [0.5, 0.6) is 0 Å². The summed E-state index contributed by atoms with van der Waals surface area (Å²) >= 11 is 0. The first kappa shape index (κ1) is 6.15. The predicted molar refractivity (Wildman–Crippen MR) is 42.9 cm³/mol. The lowest BCUT2D eigenvalue weighted by molar-refractivity contribution is 0.736. The monoisotopic (exact) mass is 148 g/mol. The molecular weight excluding hydrogens is 140 g/mol. The zero-order valence-electron chi connectivity index (χ0n) is 6.15. The number of nitrogens with two attached hydrogens (primary N) is 1. The van der Waals surface area contributed by atoms with Crippen LogP contribution < -0.4 is 5.73 Å². The van der Waals surface area contributed by atoms with Crippen LogP contribution in [0.15, 0.2) is 18.2 Å². The summed E-state index contributed by atoms with van der Waals surface area (Å²) in [5.74, 6) is 0. The molecule has 0 bridgehead atoms. The van der Waals surface area contributed by atoms with E-state index in [4.69, 9.17) is 5.73 Å². The van der Waals surface area contributed by atoms with Crippen LogP contribution in [0.1, 0.15) is 0 Å². The molecule has 0 aliphatic rings. The van der Waals surface area contributed by atoms with Gasteiger partial charge >= 0.3 is 0 Å². The summed E-state index contributed by atoms with van der Waals surface area (Å²) in [4.78, 5) is 0. The normalized spacial score (nSPS) is 10.6. The standard InChI is InChI=1S/C7H8N4/c1-11-6-4-2-3-5(8)7(6)9-10-11/h2-4H,8H2,1H3.